The third-order valence-electron chi connectivity index (χ3n) is 2.84. The first-order chi connectivity index (χ1) is 9.51. The number of aryl methyl sites for hydroxylation is 1. The van der Waals surface area contributed by atoms with E-state index in [1.807, 2.05) is 19.1 Å². The molecule has 0 saturated heterocycles. The molecule has 0 radical (unpaired) electrons. The van der Waals surface area contributed by atoms with Crippen LogP contribution in [0.15, 0.2) is 22.7 Å². The SMILES string of the molecule is Cc1ccc2onc(CC(=O)NC(CO)C(=O)O)c2c1. The number of carbonyl (C=O) groups excluding carboxylic acids is 1. The molecule has 0 spiro atoms. The predicted octanol–water partition coefficient (Wildman–Crippen LogP) is 0.240. The first-order valence-electron chi connectivity index (χ1n) is 5.99. The number of aliphatic hydroxyl groups is 1. The molecule has 2 aromatic rings. The molecule has 1 amide bonds. The second-order valence-electron chi connectivity index (χ2n) is 4.45. The van der Waals surface area contributed by atoms with Crippen LogP contribution in [0.5, 0.6) is 0 Å². The van der Waals surface area contributed by atoms with Gasteiger partial charge in [-0.05, 0) is 19.1 Å². The lowest BCUT2D eigenvalue weighted by Gasteiger charge is -2.10. The summed E-state index contributed by atoms with van der Waals surface area (Å²) in [7, 11) is 0. The van der Waals surface area contributed by atoms with E-state index in [0.29, 0.717) is 11.3 Å². The topological polar surface area (TPSA) is 113 Å². The summed E-state index contributed by atoms with van der Waals surface area (Å²) in [6.45, 7) is 1.24. The molecule has 0 aliphatic heterocycles. The van der Waals surface area contributed by atoms with Crippen LogP contribution in [-0.4, -0.2) is 39.9 Å². The number of aliphatic hydroxyl groups excluding tert-OH is 1. The number of benzene rings is 1. The van der Waals surface area contributed by atoms with E-state index < -0.39 is 24.5 Å². The molecule has 7 nitrogen and oxygen atoms in total. The summed E-state index contributed by atoms with van der Waals surface area (Å²) in [4.78, 5) is 22.5. The normalized spacial score (nSPS) is 12.3. The number of carboxylic acids is 1. The summed E-state index contributed by atoms with van der Waals surface area (Å²) in [5, 5.41) is 24.3. The van der Waals surface area contributed by atoms with Crippen molar-refractivity contribution in [1.29, 1.82) is 0 Å². The minimum Gasteiger partial charge on any atom is -0.480 e. The summed E-state index contributed by atoms with van der Waals surface area (Å²) in [6, 6.07) is 4.15. The minimum atomic E-state index is -1.32. The Morgan fingerprint density at radius 3 is 2.85 bits per heavy atom. The van der Waals surface area contributed by atoms with Crippen LogP contribution >= 0.6 is 0 Å². The molecule has 3 N–H and O–H groups in total. The fourth-order valence-electron chi connectivity index (χ4n) is 1.81. The molecule has 7 heteroatoms. The van der Waals surface area contributed by atoms with Gasteiger partial charge in [0, 0.05) is 5.39 Å². The Kier molecular flexibility index (Phi) is 3.99. The fraction of sp³-hybridized carbons (Fsp3) is 0.308. The Hall–Kier alpha value is -2.41. The van der Waals surface area contributed by atoms with Gasteiger partial charge in [-0.2, -0.15) is 0 Å². The van der Waals surface area contributed by atoms with Gasteiger partial charge < -0.3 is 20.1 Å². The molecule has 0 aliphatic rings. The monoisotopic (exact) mass is 278 g/mol. The Morgan fingerprint density at radius 2 is 2.20 bits per heavy atom. The lowest BCUT2D eigenvalue weighted by Crippen LogP contribution is -2.44. The lowest BCUT2D eigenvalue weighted by molar-refractivity contribution is -0.142. The second kappa shape index (κ2) is 5.70. The van der Waals surface area contributed by atoms with E-state index in [1.165, 1.54) is 0 Å². The van der Waals surface area contributed by atoms with E-state index in [4.69, 9.17) is 14.7 Å². The Morgan fingerprint density at radius 1 is 1.45 bits per heavy atom. The van der Waals surface area contributed by atoms with E-state index in [1.54, 1.807) is 6.07 Å². The Bertz CT molecular complexity index is 649. The molecular weight excluding hydrogens is 264 g/mol. The van der Waals surface area contributed by atoms with Gasteiger partial charge in [0.1, 0.15) is 11.7 Å². The number of nitrogens with one attached hydrogen (secondary N) is 1. The van der Waals surface area contributed by atoms with Gasteiger partial charge >= 0.3 is 5.97 Å². The molecule has 0 saturated carbocycles. The highest BCUT2D eigenvalue weighted by molar-refractivity contribution is 5.89. The smallest absolute Gasteiger partial charge is 0.328 e. The van der Waals surface area contributed by atoms with Crippen molar-refractivity contribution >= 4 is 22.8 Å². The van der Waals surface area contributed by atoms with Crippen molar-refractivity contribution in [3.63, 3.8) is 0 Å². The highest BCUT2D eigenvalue weighted by atomic mass is 16.5. The second-order valence-corrected chi connectivity index (χ2v) is 4.45. The summed E-state index contributed by atoms with van der Waals surface area (Å²) in [6.07, 6.45) is -0.111. The van der Waals surface area contributed by atoms with E-state index in [2.05, 4.69) is 10.5 Å². The highest BCUT2D eigenvalue weighted by Gasteiger charge is 2.20. The first-order valence-corrected chi connectivity index (χ1v) is 5.99. The summed E-state index contributed by atoms with van der Waals surface area (Å²) in [5.74, 6) is -1.83. The Labute approximate surface area is 114 Å². The van der Waals surface area contributed by atoms with Gasteiger partial charge in [-0.3, -0.25) is 4.79 Å². The standard InChI is InChI=1S/C13H14N2O5/c1-7-2-3-11-8(4-7)9(15-20-11)5-12(17)14-10(6-16)13(18)19/h2-4,10,16H,5-6H2,1H3,(H,14,17)(H,18,19). The van der Waals surface area contributed by atoms with Crippen molar-refractivity contribution in [3.8, 4) is 0 Å². The number of fused-ring (bicyclic) bond motifs is 1. The number of nitrogens with zero attached hydrogens (tertiary/aromatic N) is 1. The average Bonchev–Trinajstić information content (AvgIpc) is 2.78. The largest absolute Gasteiger partial charge is 0.480 e. The fourth-order valence-corrected chi connectivity index (χ4v) is 1.81. The minimum absolute atomic E-state index is 0.111. The molecule has 1 unspecified atom stereocenters. The maximum Gasteiger partial charge on any atom is 0.328 e. The van der Waals surface area contributed by atoms with Crippen LogP contribution in [0.4, 0.5) is 0 Å². The third-order valence-corrected chi connectivity index (χ3v) is 2.84. The van der Waals surface area contributed by atoms with Crippen molar-refractivity contribution in [1.82, 2.24) is 10.5 Å². The zero-order valence-electron chi connectivity index (χ0n) is 10.8. The predicted molar refractivity (Wildman–Crippen MR) is 69.1 cm³/mol. The van der Waals surface area contributed by atoms with Gasteiger partial charge in [-0.1, -0.05) is 16.8 Å². The summed E-state index contributed by atoms with van der Waals surface area (Å²) >= 11 is 0. The van der Waals surface area contributed by atoms with Crippen molar-refractivity contribution in [2.45, 2.75) is 19.4 Å². The lowest BCUT2D eigenvalue weighted by atomic mass is 10.1. The molecule has 0 aliphatic carbocycles. The molecule has 1 heterocycles. The van der Waals surface area contributed by atoms with Crippen molar-refractivity contribution < 1.29 is 24.3 Å². The molecule has 1 aromatic heterocycles. The van der Waals surface area contributed by atoms with Crippen LogP contribution < -0.4 is 5.32 Å². The molecule has 1 aromatic carbocycles. The number of hydrogen-bond donors (Lipinski definition) is 3. The van der Waals surface area contributed by atoms with Crippen LogP contribution in [0, 0.1) is 6.92 Å². The van der Waals surface area contributed by atoms with Crippen molar-refractivity contribution in [2.24, 2.45) is 0 Å². The Balaban J connectivity index is 2.14. The number of rotatable bonds is 5. The van der Waals surface area contributed by atoms with E-state index in [9.17, 15) is 9.59 Å². The number of aromatic nitrogens is 1. The van der Waals surface area contributed by atoms with Crippen LogP contribution in [-0.2, 0) is 16.0 Å². The first kappa shape index (κ1) is 14.0. The summed E-state index contributed by atoms with van der Waals surface area (Å²) in [5.41, 5.74) is 2.00. The molecule has 0 fully saturated rings. The molecule has 2 rings (SSSR count). The van der Waals surface area contributed by atoms with Gasteiger partial charge in [0.15, 0.2) is 5.58 Å². The van der Waals surface area contributed by atoms with Gasteiger partial charge in [0.05, 0.1) is 13.0 Å². The molecule has 0 bridgehead atoms. The zero-order chi connectivity index (χ0) is 14.7. The number of carboxylic acid groups (broad SMARTS) is 1. The highest BCUT2D eigenvalue weighted by Crippen LogP contribution is 2.20. The van der Waals surface area contributed by atoms with Gasteiger partial charge in [0.25, 0.3) is 0 Å². The third kappa shape index (κ3) is 2.94. The molecule has 106 valence electrons. The molecule has 1 atom stereocenters. The van der Waals surface area contributed by atoms with Gasteiger partial charge in [-0.25, -0.2) is 4.79 Å². The maximum atomic E-state index is 11.7. The van der Waals surface area contributed by atoms with Crippen LogP contribution in [0.2, 0.25) is 0 Å². The molecule has 20 heavy (non-hydrogen) atoms. The molecular formula is C13H14N2O5. The van der Waals surface area contributed by atoms with Gasteiger partial charge in [-0.15, -0.1) is 0 Å². The maximum absolute atomic E-state index is 11.7. The van der Waals surface area contributed by atoms with E-state index in [0.717, 1.165) is 10.9 Å². The number of hydrogen-bond acceptors (Lipinski definition) is 5. The van der Waals surface area contributed by atoms with Crippen molar-refractivity contribution in [3.05, 3.63) is 29.5 Å². The zero-order valence-corrected chi connectivity index (χ0v) is 10.8. The average molecular weight is 278 g/mol. The number of amides is 1. The number of aliphatic carboxylic acids is 1. The van der Waals surface area contributed by atoms with E-state index >= 15 is 0 Å². The summed E-state index contributed by atoms with van der Waals surface area (Å²) < 4.78 is 5.09. The quantitative estimate of drug-likeness (QED) is 0.722. The van der Waals surface area contributed by atoms with Gasteiger partial charge in [0.2, 0.25) is 5.91 Å². The van der Waals surface area contributed by atoms with Crippen LogP contribution in [0.3, 0.4) is 0 Å². The number of carbonyl (C=O) groups is 2. The van der Waals surface area contributed by atoms with E-state index in [-0.39, 0.29) is 6.42 Å². The van der Waals surface area contributed by atoms with Crippen LogP contribution in [0.25, 0.3) is 11.0 Å². The van der Waals surface area contributed by atoms with Crippen LogP contribution in [0.1, 0.15) is 11.3 Å². The van der Waals surface area contributed by atoms with Crippen molar-refractivity contribution in [2.75, 3.05) is 6.61 Å².